The number of allylic oxidation sites excluding steroid dienone is 3. The fourth-order valence-electron chi connectivity index (χ4n) is 2.61. The standard InChI is InChI=1S/C22H41NO/c1-4-5-6-7-8-9-10-11-12-13-14-15-16-17-18-19-22(24)23-20-21(2)3/h16-19,21H,4-15,20H2,1-3H3,(H,23,24)/b17-16+,19-18+. The maximum absolute atomic E-state index is 11.4. The van der Waals surface area contributed by atoms with Gasteiger partial charge in [0, 0.05) is 12.6 Å². The van der Waals surface area contributed by atoms with Crippen molar-refractivity contribution in [3.05, 3.63) is 24.3 Å². The third-order valence-corrected chi connectivity index (χ3v) is 4.15. The predicted molar refractivity (Wildman–Crippen MR) is 107 cm³/mol. The Balaban J connectivity index is 3.30. The first-order valence-corrected chi connectivity index (χ1v) is 10.3. The molecule has 0 saturated heterocycles. The first-order chi connectivity index (χ1) is 11.7. The van der Waals surface area contributed by atoms with E-state index in [1.165, 1.54) is 70.6 Å². The van der Waals surface area contributed by atoms with Gasteiger partial charge in [-0.2, -0.15) is 0 Å². The molecule has 0 aromatic carbocycles. The monoisotopic (exact) mass is 335 g/mol. The normalized spacial score (nSPS) is 11.8. The molecule has 0 aromatic heterocycles. The third kappa shape index (κ3) is 19.0. The molecule has 24 heavy (non-hydrogen) atoms. The van der Waals surface area contributed by atoms with E-state index < -0.39 is 0 Å². The van der Waals surface area contributed by atoms with Crippen molar-refractivity contribution in [1.82, 2.24) is 5.32 Å². The van der Waals surface area contributed by atoms with Crippen molar-refractivity contribution in [3.63, 3.8) is 0 Å². The van der Waals surface area contributed by atoms with Crippen molar-refractivity contribution >= 4 is 5.91 Å². The second kappa shape index (κ2) is 18.3. The van der Waals surface area contributed by atoms with Crippen LogP contribution in [0.25, 0.3) is 0 Å². The first kappa shape index (κ1) is 22.9. The second-order valence-corrected chi connectivity index (χ2v) is 7.25. The minimum atomic E-state index is 0.00282. The Morgan fingerprint density at radius 1 is 0.833 bits per heavy atom. The van der Waals surface area contributed by atoms with E-state index in [2.05, 4.69) is 32.2 Å². The summed E-state index contributed by atoms with van der Waals surface area (Å²) in [7, 11) is 0. The molecule has 0 saturated carbocycles. The highest BCUT2D eigenvalue weighted by atomic mass is 16.1. The fourth-order valence-corrected chi connectivity index (χ4v) is 2.61. The van der Waals surface area contributed by atoms with E-state index in [1.54, 1.807) is 6.08 Å². The molecule has 1 amide bonds. The van der Waals surface area contributed by atoms with Crippen molar-refractivity contribution in [1.29, 1.82) is 0 Å². The van der Waals surface area contributed by atoms with Crippen molar-refractivity contribution in [2.24, 2.45) is 5.92 Å². The van der Waals surface area contributed by atoms with Crippen LogP contribution in [0.5, 0.6) is 0 Å². The number of nitrogens with one attached hydrogen (secondary N) is 1. The van der Waals surface area contributed by atoms with E-state index in [0.29, 0.717) is 5.92 Å². The molecule has 0 radical (unpaired) electrons. The average Bonchev–Trinajstić information content (AvgIpc) is 2.56. The molecule has 0 aliphatic heterocycles. The number of hydrogen-bond donors (Lipinski definition) is 1. The summed E-state index contributed by atoms with van der Waals surface area (Å²) >= 11 is 0. The molecule has 0 heterocycles. The Labute approximate surface area is 151 Å². The molecular weight excluding hydrogens is 294 g/mol. The zero-order valence-electron chi connectivity index (χ0n) is 16.5. The van der Waals surface area contributed by atoms with Crippen LogP contribution < -0.4 is 5.32 Å². The highest BCUT2D eigenvalue weighted by molar-refractivity contribution is 5.87. The minimum Gasteiger partial charge on any atom is -0.352 e. The summed E-state index contributed by atoms with van der Waals surface area (Å²) in [4.78, 5) is 11.4. The van der Waals surface area contributed by atoms with E-state index in [1.807, 2.05) is 12.2 Å². The molecule has 1 N–H and O–H groups in total. The summed E-state index contributed by atoms with van der Waals surface area (Å²) < 4.78 is 0. The van der Waals surface area contributed by atoms with Gasteiger partial charge < -0.3 is 5.32 Å². The Morgan fingerprint density at radius 2 is 1.38 bits per heavy atom. The van der Waals surface area contributed by atoms with Crippen LogP contribution in [-0.2, 0) is 4.79 Å². The van der Waals surface area contributed by atoms with E-state index in [-0.39, 0.29) is 5.91 Å². The van der Waals surface area contributed by atoms with Crippen LogP contribution in [0.4, 0.5) is 0 Å². The largest absolute Gasteiger partial charge is 0.352 e. The highest BCUT2D eigenvalue weighted by Crippen LogP contribution is 2.11. The van der Waals surface area contributed by atoms with Crippen LogP contribution in [0.2, 0.25) is 0 Å². The molecule has 0 spiro atoms. The topological polar surface area (TPSA) is 29.1 Å². The van der Waals surface area contributed by atoms with Crippen LogP contribution in [0.1, 0.15) is 97.8 Å². The number of hydrogen-bond acceptors (Lipinski definition) is 1. The maximum Gasteiger partial charge on any atom is 0.243 e. The predicted octanol–water partition coefficient (Wildman–Crippen LogP) is 6.57. The lowest BCUT2D eigenvalue weighted by Crippen LogP contribution is -2.25. The Hall–Kier alpha value is -1.05. The fraction of sp³-hybridized carbons (Fsp3) is 0.773. The van der Waals surface area contributed by atoms with Gasteiger partial charge in [-0.05, 0) is 18.8 Å². The van der Waals surface area contributed by atoms with Crippen LogP contribution in [0, 0.1) is 5.92 Å². The average molecular weight is 336 g/mol. The molecule has 0 unspecified atom stereocenters. The van der Waals surface area contributed by atoms with Gasteiger partial charge in [0.1, 0.15) is 0 Å². The summed E-state index contributed by atoms with van der Waals surface area (Å²) in [5.74, 6) is 0.502. The lowest BCUT2D eigenvalue weighted by Gasteiger charge is -2.03. The van der Waals surface area contributed by atoms with Gasteiger partial charge in [0.15, 0.2) is 0 Å². The van der Waals surface area contributed by atoms with Gasteiger partial charge >= 0.3 is 0 Å². The Kier molecular flexibility index (Phi) is 17.5. The quantitative estimate of drug-likeness (QED) is 0.193. The summed E-state index contributed by atoms with van der Waals surface area (Å²) in [6, 6.07) is 0. The van der Waals surface area contributed by atoms with Gasteiger partial charge in [0.25, 0.3) is 0 Å². The van der Waals surface area contributed by atoms with E-state index in [9.17, 15) is 4.79 Å². The van der Waals surface area contributed by atoms with Gasteiger partial charge in [-0.15, -0.1) is 0 Å². The molecule has 0 bridgehead atoms. The second-order valence-electron chi connectivity index (χ2n) is 7.25. The molecule has 2 nitrogen and oxygen atoms in total. The van der Waals surface area contributed by atoms with Crippen LogP contribution in [-0.4, -0.2) is 12.5 Å². The number of rotatable bonds is 16. The SMILES string of the molecule is CCCCCCCCCCCCC/C=C/C=C/C(=O)NCC(C)C. The van der Waals surface area contributed by atoms with Crippen LogP contribution in [0.3, 0.4) is 0 Å². The third-order valence-electron chi connectivity index (χ3n) is 4.15. The lowest BCUT2D eigenvalue weighted by molar-refractivity contribution is -0.116. The van der Waals surface area contributed by atoms with Gasteiger partial charge in [0.2, 0.25) is 5.91 Å². The maximum atomic E-state index is 11.4. The van der Waals surface area contributed by atoms with Gasteiger partial charge in [-0.25, -0.2) is 0 Å². The van der Waals surface area contributed by atoms with Gasteiger partial charge in [-0.3, -0.25) is 4.79 Å². The van der Waals surface area contributed by atoms with Crippen molar-refractivity contribution in [2.75, 3.05) is 6.54 Å². The van der Waals surface area contributed by atoms with Crippen molar-refractivity contribution in [2.45, 2.75) is 97.8 Å². The molecule has 2 heteroatoms. The molecular formula is C22H41NO. The number of carbonyl (C=O) groups excluding carboxylic acids is 1. The van der Waals surface area contributed by atoms with Crippen LogP contribution >= 0.6 is 0 Å². The number of amides is 1. The van der Waals surface area contributed by atoms with E-state index >= 15 is 0 Å². The Morgan fingerprint density at radius 3 is 1.92 bits per heavy atom. The number of carbonyl (C=O) groups is 1. The smallest absolute Gasteiger partial charge is 0.243 e. The van der Waals surface area contributed by atoms with E-state index in [0.717, 1.165) is 13.0 Å². The highest BCUT2D eigenvalue weighted by Gasteiger charge is 1.96. The van der Waals surface area contributed by atoms with Crippen molar-refractivity contribution < 1.29 is 4.79 Å². The molecule has 0 rings (SSSR count). The van der Waals surface area contributed by atoms with Crippen molar-refractivity contribution in [3.8, 4) is 0 Å². The van der Waals surface area contributed by atoms with E-state index in [4.69, 9.17) is 0 Å². The molecule has 0 aliphatic carbocycles. The molecule has 0 aliphatic rings. The first-order valence-electron chi connectivity index (χ1n) is 10.3. The zero-order chi connectivity index (χ0) is 17.9. The number of unbranched alkanes of at least 4 members (excludes halogenated alkanes) is 11. The zero-order valence-corrected chi connectivity index (χ0v) is 16.5. The molecule has 0 atom stereocenters. The summed E-state index contributed by atoms with van der Waals surface area (Å²) in [6.45, 7) is 7.21. The lowest BCUT2D eigenvalue weighted by atomic mass is 10.1. The summed E-state index contributed by atoms with van der Waals surface area (Å²) in [6.07, 6.45) is 24.0. The van der Waals surface area contributed by atoms with Crippen LogP contribution in [0.15, 0.2) is 24.3 Å². The molecule has 0 fully saturated rings. The van der Waals surface area contributed by atoms with Gasteiger partial charge in [0.05, 0.1) is 0 Å². The summed E-state index contributed by atoms with van der Waals surface area (Å²) in [5.41, 5.74) is 0. The molecule has 0 aromatic rings. The van der Waals surface area contributed by atoms with Gasteiger partial charge in [-0.1, -0.05) is 103 Å². The Bertz CT molecular complexity index is 331. The summed E-state index contributed by atoms with van der Waals surface area (Å²) in [5, 5.41) is 2.87. The minimum absolute atomic E-state index is 0.00282. The molecule has 140 valence electrons.